The first-order valence-electron chi connectivity index (χ1n) is 14.6. The number of hydrogen-bond acceptors (Lipinski definition) is 3. The number of fused-ring (bicyclic) bond motifs is 1. The molecule has 4 aromatic rings. The van der Waals surface area contributed by atoms with Crippen LogP contribution in [0.1, 0.15) is 74.1 Å². The summed E-state index contributed by atoms with van der Waals surface area (Å²) in [6.45, 7) is 0. The highest BCUT2D eigenvalue weighted by atomic mass is 19.4. The molecule has 5 nitrogen and oxygen atoms in total. The maximum absolute atomic E-state index is 14.4. The summed E-state index contributed by atoms with van der Waals surface area (Å²) in [5.74, 6) is 2.19. The number of rotatable bonds is 4. The van der Waals surface area contributed by atoms with Gasteiger partial charge < -0.3 is 4.57 Å². The Labute approximate surface area is 235 Å². The third kappa shape index (κ3) is 3.88. The first-order valence-corrected chi connectivity index (χ1v) is 14.6. The molecular weight excluding hydrogens is 525 g/mol. The van der Waals surface area contributed by atoms with Gasteiger partial charge in [-0.15, -0.1) is 0 Å². The minimum atomic E-state index is -4.46. The zero-order valence-electron chi connectivity index (χ0n) is 22.5. The third-order valence-electron chi connectivity index (χ3n) is 10.1. The van der Waals surface area contributed by atoms with Crippen molar-refractivity contribution in [1.29, 1.82) is 5.26 Å². The molecule has 2 aromatic carbocycles. The fourth-order valence-corrected chi connectivity index (χ4v) is 8.59. The van der Waals surface area contributed by atoms with Gasteiger partial charge in [0.15, 0.2) is 0 Å². The molecule has 208 valence electrons. The van der Waals surface area contributed by atoms with E-state index in [9.17, 15) is 23.2 Å². The zero-order valence-corrected chi connectivity index (χ0v) is 22.5. The van der Waals surface area contributed by atoms with E-state index >= 15 is 0 Å². The van der Waals surface area contributed by atoms with Gasteiger partial charge in [0, 0.05) is 17.5 Å². The third-order valence-corrected chi connectivity index (χ3v) is 10.1. The van der Waals surface area contributed by atoms with Crippen molar-refractivity contribution >= 4 is 5.65 Å². The summed E-state index contributed by atoms with van der Waals surface area (Å²) in [6, 6.07) is 16.3. The normalized spacial score (nSPS) is 26.9. The van der Waals surface area contributed by atoms with Gasteiger partial charge in [-0.25, -0.2) is 0 Å². The molecule has 5 aliphatic rings. The lowest BCUT2D eigenvalue weighted by atomic mass is 9.52. The second-order valence-electron chi connectivity index (χ2n) is 12.9. The molecule has 9 rings (SSSR count). The van der Waals surface area contributed by atoms with Gasteiger partial charge in [-0.05, 0) is 105 Å². The molecular formula is C33H29F3N4O. The van der Waals surface area contributed by atoms with Gasteiger partial charge in [-0.2, -0.15) is 28.0 Å². The molecule has 0 saturated heterocycles. The van der Waals surface area contributed by atoms with Crippen LogP contribution in [-0.4, -0.2) is 14.2 Å². The number of nitriles is 1. The van der Waals surface area contributed by atoms with Crippen molar-refractivity contribution in [3.05, 3.63) is 81.8 Å². The molecule has 5 fully saturated rings. The van der Waals surface area contributed by atoms with E-state index in [0.717, 1.165) is 55.6 Å². The number of hydrogen-bond donors (Lipinski definition) is 0. The molecule has 5 saturated carbocycles. The molecule has 0 amide bonds. The van der Waals surface area contributed by atoms with Crippen LogP contribution in [0.2, 0.25) is 0 Å². The van der Waals surface area contributed by atoms with Crippen LogP contribution < -0.4 is 5.56 Å². The lowest BCUT2D eigenvalue weighted by molar-refractivity contribution is -0.137. The average Bonchev–Trinajstić information content (AvgIpc) is 3.70. The van der Waals surface area contributed by atoms with E-state index in [1.165, 1.54) is 31.4 Å². The maximum Gasteiger partial charge on any atom is 0.416 e. The van der Waals surface area contributed by atoms with Crippen molar-refractivity contribution < 1.29 is 13.2 Å². The monoisotopic (exact) mass is 554 g/mol. The Morgan fingerprint density at radius 1 is 0.878 bits per heavy atom. The molecule has 4 bridgehead atoms. The minimum Gasteiger partial charge on any atom is -0.319 e. The van der Waals surface area contributed by atoms with Crippen LogP contribution in [0.3, 0.4) is 0 Å². The number of halogens is 3. The Morgan fingerprint density at radius 3 is 2.00 bits per heavy atom. The summed E-state index contributed by atoms with van der Waals surface area (Å²) >= 11 is 0. The molecule has 2 aromatic heterocycles. The maximum atomic E-state index is 14.4. The standard InChI is InChI=1S/C33H29F3N4O/c34-33(35,36)26-9-7-25(8-10-26)30-29(24-3-1-19(18-37)2-4-24)31(41)40-28(14-27(38-40)23-5-6-23)39(30)32-15-20-11-21(16-32)13-22(12-20)17-32/h1-4,7-10,14,20-23H,5-6,11-13,15-17H2. The van der Waals surface area contributed by atoms with Gasteiger partial charge >= 0.3 is 6.18 Å². The summed E-state index contributed by atoms with van der Waals surface area (Å²) in [5, 5.41) is 14.2. The van der Waals surface area contributed by atoms with Gasteiger partial charge in [0.05, 0.1) is 34.1 Å². The SMILES string of the molecule is N#Cc1ccc(-c2c(-c3ccc(C(F)(F)F)cc3)n(C34CC5CC(CC(C5)C3)C4)c3cc(C4CC4)nn3c2=O)cc1. The molecule has 2 heterocycles. The van der Waals surface area contributed by atoms with Crippen molar-refractivity contribution in [3.63, 3.8) is 0 Å². The van der Waals surface area contributed by atoms with Gasteiger partial charge in [0.1, 0.15) is 5.65 Å². The van der Waals surface area contributed by atoms with E-state index in [2.05, 4.69) is 16.7 Å². The van der Waals surface area contributed by atoms with Crippen molar-refractivity contribution in [3.8, 4) is 28.5 Å². The predicted molar refractivity (Wildman–Crippen MR) is 148 cm³/mol. The topological polar surface area (TPSA) is 63.1 Å². The van der Waals surface area contributed by atoms with Crippen molar-refractivity contribution in [2.45, 2.75) is 69.0 Å². The van der Waals surface area contributed by atoms with Crippen LogP contribution in [0.15, 0.2) is 59.4 Å². The highest BCUT2D eigenvalue weighted by molar-refractivity contribution is 5.83. The zero-order chi connectivity index (χ0) is 28.1. The van der Waals surface area contributed by atoms with Gasteiger partial charge in [-0.1, -0.05) is 24.3 Å². The molecule has 41 heavy (non-hydrogen) atoms. The summed E-state index contributed by atoms with van der Waals surface area (Å²) in [6.07, 6.45) is 4.35. The van der Waals surface area contributed by atoms with Gasteiger partial charge in [0.25, 0.3) is 5.56 Å². The summed E-state index contributed by atoms with van der Waals surface area (Å²) < 4.78 is 44.6. The first kappa shape index (κ1) is 24.9. The highest BCUT2D eigenvalue weighted by Crippen LogP contribution is 2.60. The molecule has 0 radical (unpaired) electrons. The Balaban J connectivity index is 1.47. The molecule has 5 aliphatic carbocycles. The Kier molecular flexibility index (Phi) is 5.21. The van der Waals surface area contributed by atoms with Crippen LogP contribution in [0.25, 0.3) is 28.0 Å². The van der Waals surface area contributed by atoms with Crippen molar-refractivity contribution in [1.82, 2.24) is 14.2 Å². The summed E-state index contributed by atoms with van der Waals surface area (Å²) in [7, 11) is 0. The van der Waals surface area contributed by atoms with Crippen LogP contribution >= 0.6 is 0 Å². The molecule has 0 spiro atoms. The fraction of sp³-hybridized carbons (Fsp3) is 0.424. The average molecular weight is 555 g/mol. The largest absolute Gasteiger partial charge is 0.416 e. The number of nitrogens with zero attached hydrogens (tertiary/aromatic N) is 4. The number of benzene rings is 2. The van der Waals surface area contributed by atoms with Gasteiger partial charge in [0.2, 0.25) is 0 Å². The fourth-order valence-electron chi connectivity index (χ4n) is 8.59. The van der Waals surface area contributed by atoms with E-state index in [-0.39, 0.29) is 11.1 Å². The summed E-state index contributed by atoms with van der Waals surface area (Å²) in [4.78, 5) is 14.4. The molecule has 8 heteroatoms. The Hall–Kier alpha value is -3.86. The lowest BCUT2D eigenvalue weighted by Gasteiger charge is -2.58. The molecule has 0 atom stereocenters. The smallest absolute Gasteiger partial charge is 0.319 e. The number of aromatic nitrogens is 3. The Bertz CT molecular complexity index is 1750. The van der Waals surface area contributed by atoms with Crippen molar-refractivity contribution in [2.24, 2.45) is 17.8 Å². The van der Waals surface area contributed by atoms with E-state index in [1.54, 1.807) is 28.8 Å². The van der Waals surface area contributed by atoms with Crippen molar-refractivity contribution in [2.75, 3.05) is 0 Å². The second-order valence-corrected chi connectivity index (χ2v) is 12.9. The first-order chi connectivity index (χ1) is 19.7. The predicted octanol–water partition coefficient (Wildman–Crippen LogP) is 7.52. The van der Waals surface area contributed by atoms with E-state index in [1.807, 2.05) is 0 Å². The Morgan fingerprint density at radius 2 is 1.46 bits per heavy atom. The molecule has 0 N–H and O–H groups in total. The summed E-state index contributed by atoms with van der Waals surface area (Å²) in [5.41, 5.74) is 3.19. The highest BCUT2D eigenvalue weighted by Gasteiger charge is 2.53. The van der Waals surface area contributed by atoms with Crippen LogP contribution in [-0.2, 0) is 11.7 Å². The van der Waals surface area contributed by atoms with E-state index < -0.39 is 11.7 Å². The minimum absolute atomic E-state index is 0.232. The second kappa shape index (κ2) is 8.58. The molecule has 0 aliphatic heterocycles. The van der Waals surface area contributed by atoms with Crippen LogP contribution in [0.4, 0.5) is 13.2 Å². The number of alkyl halides is 3. The van der Waals surface area contributed by atoms with Crippen LogP contribution in [0.5, 0.6) is 0 Å². The molecule has 0 unspecified atom stereocenters. The van der Waals surface area contributed by atoms with Gasteiger partial charge in [-0.3, -0.25) is 4.79 Å². The lowest BCUT2D eigenvalue weighted by Crippen LogP contribution is -2.52. The van der Waals surface area contributed by atoms with E-state index in [0.29, 0.717) is 51.6 Å². The van der Waals surface area contributed by atoms with E-state index in [4.69, 9.17) is 5.10 Å². The quantitative estimate of drug-likeness (QED) is 0.262. The van der Waals surface area contributed by atoms with Crippen LogP contribution in [0, 0.1) is 29.1 Å².